The van der Waals surface area contributed by atoms with Crippen LogP contribution in [0.1, 0.15) is 15.9 Å². The van der Waals surface area contributed by atoms with E-state index in [0.29, 0.717) is 11.1 Å². The summed E-state index contributed by atoms with van der Waals surface area (Å²) in [5.74, 6) is -0.0498. The maximum atomic E-state index is 11.9. The van der Waals surface area contributed by atoms with Crippen LogP contribution < -0.4 is 0 Å². The van der Waals surface area contributed by atoms with Crippen LogP contribution in [-0.4, -0.2) is 16.0 Å². The molecule has 0 saturated heterocycles. The van der Waals surface area contributed by atoms with E-state index in [2.05, 4.69) is 26.1 Å². The molecule has 0 aliphatic rings. The highest BCUT2D eigenvalue weighted by atomic mass is 79.9. The first-order valence-corrected chi connectivity index (χ1v) is 5.13. The number of rotatable bonds is 2. The topological polar surface area (TPSA) is 42.9 Å². The van der Waals surface area contributed by atoms with Crippen molar-refractivity contribution in [3.8, 4) is 0 Å². The third kappa shape index (κ3) is 2.27. The Labute approximate surface area is 95.3 Å². The zero-order chi connectivity index (χ0) is 10.7. The Morgan fingerprint density at radius 3 is 2.67 bits per heavy atom. The number of carbonyl (C=O) groups excluding carboxylic acids is 1. The third-order valence-corrected chi connectivity index (χ3v) is 2.43. The Morgan fingerprint density at radius 1 is 1.13 bits per heavy atom. The molecule has 0 fully saturated rings. The second-order valence-corrected chi connectivity index (χ2v) is 3.89. The Hall–Kier alpha value is -1.55. The van der Waals surface area contributed by atoms with Gasteiger partial charge in [-0.05, 0) is 18.2 Å². The molecule has 0 atom stereocenters. The van der Waals surface area contributed by atoms with Gasteiger partial charge in [-0.2, -0.15) is 10.2 Å². The highest BCUT2D eigenvalue weighted by Gasteiger charge is 2.08. The summed E-state index contributed by atoms with van der Waals surface area (Å²) in [6.07, 6.45) is 2.97. The van der Waals surface area contributed by atoms with Gasteiger partial charge in [-0.1, -0.05) is 28.1 Å². The van der Waals surface area contributed by atoms with Crippen LogP contribution in [0.4, 0.5) is 0 Å². The Bertz CT molecular complexity index is 485. The number of nitrogens with zero attached hydrogens (tertiary/aromatic N) is 2. The number of hydrogen-bond donors (Lipinski definition) is 0. The van der Waals surface area contributed by atoms with E-state index in [0.717, 1.165) is 4.47 Å². The van der Waals surface area contributed by atoms with Gasteiger partial charge in [0.1, 0.15) is 0 Å². The summed E-state index contributed by atoms with van der Waals surface area (Å²) in [4.78, 5) is 11.9. The van der Waals surface area contributed by atoms with Crippen LogP contribution in [-0.2, 0) is 0 Å². The van der Waals surface area contributed by atoms with Gasteiger partial charge >= 0.3 is 0 Å². The predicted octanol–water partition coefficient (Wildman–Crippen LogP) is 2.47. The van der Waals surface area contributed by atoms with Crippen molar-refractivity contribution in [2.24, 2.45) is 0 Å². The number of aromatic nitrogens is 2. The Morgan fingerprint density at radius 2 is 2.00 bits per heavy atom. The summed E-state index contributed by atoms with van der Waals surface area (Å²) in [7, 11) is 0. The van der Waals surface area contributed by atoms with Crippen molar-refractivity contribution in [2.75, 3.05) is 0 Å². The van der Waals surface area contributed by atoms with Gasteiger partial charge in [0, 0.05) is 15.6 Å². The number of ketones is 1. The monoisotopic (exact) mass is 262 g/mol. The minimum absolute atomic E-state index is 0.0498. The van der Waals surface area contributed by atoms with Gasteiger partial charge in [0.05, 0.1) is 12.4 Å². The van der Waals surface area contributed by atoms with Crippen LogP contribution in [0.5, 0.6) is 0 Å². The Kier molecular flexibility index (Phi) is 2.87. The minimum Gasteiger partial charge on any atom is -0.289 e. The molecule has 0 aliphatic heterocycles. The van der Waals surface area contributed by atoms with E-state index in [1.165, 1.54) is 12.4 Å². The second-order valence-electron chi connectivity index (χ2n) is 2.97. The highest BCUT2D eigenvalue weighted by Crippen LogP contribution is 2.14. The molecule has 2 aromatic rings. The minimum atomic E-state index is -0.0498. The molecule has 0 aliphatic carbocycles. The molecule has 1 aromatic heterocycles. The maximum absolute atomic E-state index is 11.9. The van der Waals surface area contributed by atoms with Crippen molar-refractivity contribution in [2.45, 2.75) is 0 Å². The number of hydrogen-bond acceptors (Lipinski definition) is 3. The number of benzene rings is 1. The van der Waals surface area contributed by atoms with Crippen LogP contribution >= 0.6 is 15.9 Å². The summed E-state index contributed by atoms with van der Waals surface area (Å²) < 4.78 is 0.885. The lowest BCUT2D eigenvalue weighted by Gasteiger charge is -2.00. The quantitative estimate of drug-likeness (QED) is 0.781. The molecule has 0 saturated carbocycles. The number of halogens is 1. The van der Waals surface area contributed by atoms with Gasteiger partial charge in [0.15, 0.2) is 5.78 Å². The molecule has 1 heterocycles. The van der Waals surface area contributed by atoms with Gasteiger partial charge in [0.25, 0.3) is 0 Å². The van der Waals surface area contributed by atoms with Crippen LogP contribution in [0.25, 0.3) is 0 Å². The Balaban J connectivity index is 2.37. The molecule has 74 valence electrons. The molecular weight excluding hydrogens is 256 g/mol. The van der Waals surface area contributed by atoms with E-state index in [9.17, 15) is 4.79 Å². The molecule has 3 nitrogen and oxygen atoms in total. The summed E-state index contributed by atoms with van der Waals surface area (Å²) in [6, 6.07) is 8.90. The molecule has 0 bridgehead atoms. The average molecular weight is 263 g/mol. The highest BCUT2D eigenvalue weighted by molar-refractivity contribution is 9.10. The van der Waals surface area contributed by atoms with Crippen molar-refractivity contribution < 1.29 is 4.79 Å². The molecule has 0 unspecified atom stereocenters. The lowest BCUT2D eigenvalue weighted by atomic mass is 10.1. The standard InChI is InChI=1S/C11H7BrN2O/c12-10-3-1-2-8(6-10)11(15)9-4-5-13-14-7-9/h1-7H. The lowest BCUT2D eigenvalue weighted by molar-refractivity contribution is 0.103. The smallest absolute Gasteiger partial charge is 0.194 e. The maximum Gasteiger partial charge on any atom is 0.194 e. The first-order chi connectivity index (χ1) is 7.27. The van der Waals surface area contributed by atoms with E-state index < -0.39 is 0 Å². The van der Waals surface area contributed by atoms with Crippen LogP contribution in [0, 0.1) is 0 Å². The molecule has 0 spiro atoms. The molecular formula is C11H7BrN2O. The fraction of sp³-hybridized carbons (Fsp3) is 0. The van der Waals surface area contributed by atoms with Gasteiger partial charge in [-0.15, -0.1) is 0 Å². The van der Waals surface area contributed by atoms with E-state index >= 15 is 0 Å². The van der Waals surface area contributed by atoms with E-state index in [-0.39, 0.29) is 5.78 Å². The molecule has 4 heteroatoms. The lowest BCUT2D eigenvalue weighted by Crippen LogP contribution is -2.01. The predicted molar refractivity (Wildman–Crippen MR) is 59.6 cm³/mol. The second kappa shape index (κ2) is 4.31. The fourth-order valence-electron chi connectivity index (χ4n) is 1.22. The fourth-order valence-corrected chi connectivity index (χ4v) is 1.62. The third-order valence-electron chi connectivity index (χ3n) is 1.93. The van der Waals surface area contributed by atoms with Crippen molar-refractivity contribution in [3.63, 3.8) is 0 Å². The normalized spacial score (nSPS) is 9.93. The zero-order valence-electron chi connectivity index (χ0n) is 7.72. The van der Waals surface area contributed by atoms with Crippen LogP contribution in [0.2, 0.25) is 0 Å². The van der Waals surface area contributed by atoms with Gasteiger partial charge in [-0.25, -0.2) is 0 Å². The zero-order valence-corrected chi connectivity index (χ0v) is 9.31. The van der Waals surface area contributed by atoms with E-state index in [1.54, 1.807) is 18.2 Å². The van der Waals surface area contributed by atoms with E-state index in [1.807, 2.05) is 12.1 Å². The molecule has 1 aromatic carbocycles. The van der Waals surface area contributed by atoms with Crippen molar-refractivity contribution in [1.29, 1.82) is 0 Å². The van der Waals surface area contributed by atoms with Crippen LogP contribution in [0.15, 0.2) is 47.2 Å². The first kappa shape index (κ1) is 9.98. The summed E-state index contributed by atoms with van der Waals surface area (Å²) in [5.41, 5.74) is 1.18. The van der Waals surface area contributed by atoms with Gasteiger partial charge < -0.3 is 0 Å². The van der Waals surface area contributed by atoms with Crippen LogP contribution in [0.3, 0.4) is 0 Å². The average Bonchev–Trinajstić information content (AvgIpc) is 2.29. The SMILES string of the molecule is O=C(c1ccnnc1)c1cccc(Br)c1. The van der Waals surface area contributed by atoms with Gasteiger partial charge in [0.2, 0.25) is 0 Å². The van der Waals surface area contributed by atoms with Crippen molar-refractivity contribution >= 4 is 21.7 Å². The number of carbonyl (C=O) groups is 1. The molecule has 0 N–H and O–H groups in total. The summed E-state index contributed by atoms with van der Waals surface area (Å²) in [6.45, 7) is 0. The molecule has 15 heavy (non-hydrogen) atoms. The molecule has 0 radical (unpaired) electrons. The molecule has 2 rings (SSSR count). The van der Waals surface area contributed by atoms with Crippen molar-refractivity contribution in [3.05, 3.63) is 58.3 Å². The largest absolute Gasteiger partial charge is 0.289 e. The summed E-state index contributed by atoms with van der Waals surface area (Å²) >= 11 is 3.32. The summed E-state index contributed by atoms with van der Waals surface area (Å²) in [5, 5.41) is 7.30. The van der Waals surface area contributed by atoms with Crippen molar-refractivity contribution in [1.82, 2.24) is 10.2 Å². The van der Waals surface area contributed by atoms with E-state index in [4.69, 9.17) is 0 Å². The molecule has 0 amide bonds. The first-order valence-electron chi connectivity index (χ1n) is 4.34. The van der Waals surface area contributed by atoms with Gasteiger partial charge in [-0.3, -0.25) is 4.79 Å².